The lowest BCUT2D eigenvalue weighted by atomic mass is 10.0. The van der Waals surface area contributed by atoms with Crippen molar-refractivity contribution in [3.63, 3.8) is 0 Å². The Balaban J connectivity index is 1.96. The molecule has 0 amide bonds. The van der Waals surface area contributed by atoms with Crippen molar-refractivity contribution in [2.45, 2.75) is 37.8 Å². The Morgan fingerprint density at radius 1 is 1.39 bits per heavy atom. The smallest absolute Gasteiger partial charge is 0.124 e. The predicted octanol–water partition coefficient (Wildman–Crippen LogP) is 3.22. The van der Waals surface area contributed by atoms with Crippen molar-refractivity contribution in [3.05, 3.63) is 34.6 Å². The summed E-state index contributed by atoms with van der Waals surface area (Å²) in [6.07, 6.45) is 3.94. The molecule has 1 aliphatic rings. The summed E-state index contributed by atoms with van der Waals surface area (Å²) in [5, 5.41) is 10.8. The minimum Gasteiger partial charge on any atom is -0.389 e. The Morgan fingerprint density at radius 3 is 2.67 bits per heavy atom. The minimum absolute atomic E-state index is 0.319. The van der Waals surface area contributed by atoms with E-state index < -0.39 is 5.60 Å². The van der Waals surface area contributed by atoms with E-state index in [0.717, 1.165) is 31.2 Å². The first-order valence-corrected chi connectivity index (χ1v) is 6.71. The monoisotopic (exact) mass is 271 g/mol. The molecule has 0 saturated heterocycles. The van der Waals surface area contributed by atoms with Gasteiger partial charge in [0.15, 0.2) is 0 Å². The normalized spacial score (nSPS) is 18.5. The second-order valence-electron chi connectivity index (χ2n) is 5.34. The highest BCUT2D eigenvalue weighted by Crippen LogP contribution is 2.30. The lowest BCUT2D eigenvalue weighted by molar-refractivity contribution is 0.0145. The van der Waals surface area contributed by atoms with Gasteiger partial charge in [-0.05, 0) is 37.6 Å². The third-order valence-corrected chi connectivity index (χ3v) is 3.91. The molecule has 0 unspecified atom stereocenters. The summed E-state index contributed by atoms with van der Waals surface area (Å²) in [5.74, 6) is -0.319. The van der Waals surface area contributed by atoms with E-state index in [1.807, 2.05) is 11.9 Å². The van der Waals surface area contributed by atoms with Gasteiger partial charge in [0.1, 0.15) is 5.82 Å². The second kappa shape index (κ2) is 5.55. The van der Waals surface area contributed by atoms with Crippen molar-refractivity contribution in [1.29, 1.82) is 0 Å². The van der Waals surface area contributed by atoms with Crippen LogP contribution in [0.4, 0.5) is 4.39 Å². The molecule has 0 aromatic heterocycles. The first kappa shape index (κ1) is 13.8. The van der Waals surface area contributed by atoms with E-state index in [1.165, 1.54) is 12.1 Å². The molecule has 0 aliphatic heterocycles. The Labute approximate surface area is 112 Å². The van der Waals surface area contributed by atoms with Crippen molar-refractivity contribution in [1.82, 2.24) is 4.90 Å². The van der Waals surface area contributed by atoms with Crippen molar-refractivity contribution in [3.8, 4) is 0 Å². The van der Waals surface area contributed by atoms with Crippen molar-refractivity contribution < 1.29 is 9.50 Å². The number of hydrogen-bond donors (Lipinski definition) is 1. The summed E-state index contributed by atoms with van der Waals surface area (Å²) >= 11 is 6.00. The molecule has 1 N–H and O–H groups in total. The van der Waals surface area contributed by atoms with Crippen LogP contribution in [0, 0.1) is 5.82 Å². The molecule has 2 nitrogen and oxygen atoms in total. The topological polar surface area (TPSA) is 23.5 Å². The van der Waals surface area contributed by atoms with Crippen LogP contribution < -0.4 is 0 Å². The molecule has 0 bridgehead atoms. The van der Waals surface area contributed by atoms with Crippen LogP contribution in [-0.2, 0) is 6.54 Å². The molecule has 1 aromatic carbocycles. The SMILES string of the molecule is CN(Cc1ccc(F)cc1Cl)CC1(O)CCCC1. The fraction of sp³-hybridized carbons (Fsp3) is 0.571. The van der Waals surface area contributed by atoms with Crippen LogP contribution >= 0.6 is 11.6 Å². The Bertz CT molecular complexity index is 418. The highest BCUT2D eigenvalue weighted by molar-refractivity contribution is 6.31. The largest absolute Gasteiger partial charge is 0.389 e. The molecule has 100 valence electrons. The average Bonchev–Trinajstić information content (AvgIpc) is 2.69. The standard InChI is InChI=1S/C14H19ClFNO/c1-17(10-14(18)6-2-3-7-14)9-11-4-5-12(16)8-13(11)15/h4-5,8,18H,2-3,6-7,9-10H2,1H3. The predicted molar refractivity (Wildman–Crippen MR) is 71.2 cm³/mol. The van der Waals surface area contributed by atoms with Gasteiger partial charge in [-0.15, -0.1) is 0 Å². The lowest BCUT2D eigenvalue weighted by Gasteiger charge is -2.28. The van der Waals surface area contributed by atoms with Gasteiger partial charge in [-0.3, -0.25) is 4.90 Å². The number of benzene rings is 1. The average molecular weight is 272 g/mol. The van der Waals surface area contributed by atoms with Crippen LogP contribution in [-0.4, -0.2) is 29.2 Å². The van der Waals surface area contributed by atoms with Crippen LogP contribution in [0.15, 0.2) is 18.2 Å². The summed E-state index contributed by atoms with van der Waals surface area (Å²) < 4.78 is 12.9. The number of likely N-dealkylation sites (N-methyl/N-ethyl adjacent to an activating group) is 1. The fourth-order valence-electron chi connectivity index (χ4n) is 2.69. The van der Waals surface area contributed by atoms with Gasteiger partial charge in [0.25, 0.3) is 0 Å². The third-order valence-electron chi connectivity index (χ3n) is 3.55. The lowest BCUT2D eigenvalue weighted by Crippen LogP contribution is -2.38. The summed E-state index contributed by atoms with van der Waals surface area (Å²) in [6, 6.07) is 4.45. The first-order chi connectivity index (χ1) is 8.48. The number of aliphatic hydroxyl groups is 1. The van der Waals surface area contributed by atoms with Gasteiger partial charge in [0.05, 0.1) is 5.60 Å². The van der Waals surface area contributed by atoms with Crippen LogP contribution in [0.25, 0.3) is 0 Å². The van der Waals surface area contributed by atoms with Crippen molar-refractivity contribution in [2.75, 3.05) is 13.6 Å². The summed E-state index contributed by atoms with van der Waals surface area (Å²) in [4.78, 5) is 2.05. The van der Waals surface area contributed by atoms with E-state index in [-0.39, 0.29) is 5.82 Å². The summed E-state index contributed by atoms with van der Waals surface area (Å²) in [7, 11) is 1.95. The molecule has 0 spiro atoms. The highest BCUT2D eigenvalue weighted by atomic mass is 35.5. The Morgan fingerprint density at radius 2 is 2.06 bits per heavy atom. The van der Waals surface area contributed by atoms with Gasteiger partial charge in [0, 0.05) is 18.1 Å². The molecule has 1 saturated carbocycles. The number of hydrogen-bond acceptors (Lipinski definition) is 2. The zero-order valence-corrected chi connectivity index (χ0v) is 11.4. The van der Waals surface area contributed by atoms with Gasteiger partial charge in [-0.25, -0.2) is 4.39 Å². The van der Waals surface area contributed by atoms with E-state index in [4.69, 9.17) is 11.6 Å². The third kappa shape index (κ3) is 3.44. The van der Waals surface area contributed by atoms with Crippen LogP contribution in [0.5, 0.6) is 0 Å². The number of halogens is 2. The Kier molecular flexibility index (Phi) is 4.25. The zero-order chi connectivity index (χ0) is 13.2. The fourth-order valence-corrected chi connectivity index (χ4v) is 2.92. The van der Waals surface area contributed by atoms with E-state index in [0.29, 0.717) is 18.1 Å². The molecule has 4 heteroatoms. The summed E-state index contributed by atoms with van der Waals surface area (Å²) in [5.41, 5.74) is 0.337. The van der Waals surface area contributed by atoms with Gasteiger partial charge >= 0.3 is 0 Å². The van der Waals surface area contributed by atoms with Crippen molar-refractivity contribution in [2.24, 2.45) is 0 Å². The number of rotatable bonds is 4. The van der Waals surface area contributed by atoms with E-state index in [2.05, 4.69) is 0 Å². The molecular formula is C14H19ClFNO. The van der Waals surface area contributed by atoms with Crippen LogP contribution in [0.2, 0.25) is 5.02 Å². The van der Waals surface area contributed by atoms with Crippen molar-refractivity contribution >= 4 is 11.6 Å². The van der Waals surface area contributed by atoms with Gasteiger partial charge in [-0.1, -0.05) is 30.5 Å². The maximum Gasteiger partial charge on any atom is 0.124 e. The molecule has 0 radical (unpaired) electrons. The van der Waals surface area contributed by atoms with Crippen LogP contribution in [0.1, 0.15) is 31.2 Å². The van der Waals surface area contributed by atoms with Gasteiger partial charge in [0.2, 0.25) is 0 Å². The Hall–Kier alpha value is -0.640. The van der Waals surface area contributed by atoms with E-state index >= 15 is 0 Å². The van der Waals surface area contributed by atoms with E-state index in [1.54, 1.807) is 6.07 Å². The molecular weight excluding hydrogens is 253 g/mol. The quantitative estimate of drug-likeness (QED) is 0.909. The molecule has 18 heavy (non-hydrogen) atoms. The first-order valence-electron chi connectivity index (χ1n) is 6.33. The molecule has 1 aliphatic carbocycles. The molecule has 1 fully saturated rings. The van der Waals surface area contributed by atoms with Crippen LogP contribution in [0.3, 0.4) is 0 Å². The second-order valence-corrected chi connectivity index (χ2v) is 5.75. The van der Waals surface area contributed by atoms with E-state index in [9.17, 15) is 9.50 Å². The summed E-state index contributed by atoms with van der Waals surface area (Å²) in [6.45, 7) is 1.27. The zero-order valence-electron chi connectivity index (χ0n) is 10.6. The maximum absolute atomic E-state index is 12.9. The molecule has 1 aromatic rings. The molecule has 0 atom stereocenters. The minimum atomic E-state index is -0.554. The molecule has 0 heterocycles. The van der Waals surface area contributed by atoms with Gasteiger partial charge < -0.3 is 5.11 Å². The van der Waals surface area contributed by atoms with Gasteiger partial charge in [-0.2, -0.15) is 0 Å². The molecule has 2 rings (SSSR count). The highest BCUT2D eigenvalue weighted by Gasteiger charge is 2.32. The number of nitrogens with zero attached hydrogens (tertiary/aromatic N) is 1. The maximum atomic E-state index is 12.9.